The third kappa shape index (κ3) is 3.07. The van der Waals surface area contributed by atoms with Crippen molar-refractivity contribution in [1.29, 1.82) is 0 Å². The van der Waals surface area contributed by atoms with Crippen molar-refractivity contribution in [3.8, 4) is 18.1 Å². The van der Waals surface area contributed by atoms with E-state index in [1.165, 1.54) is 11.3 Å². The molecule has 0 fully saturated rings. The van der Waals surface area contributed by atoms with Crippen molar-refractivity contribution in [2.45, 2.75) is 6.54 Å². The number of terminal acetylenes is 1. The molecule has 0 spiro atoms. The number of halogens is 1. The molecule has 0 saturated carbocycles. The highest BCUT2D eigenvalue weighted by atomic mass is 35.5. The Morgan fingerprint density at radius 1 is 1.38 bits per heavy atom. The molecule has 1 heterocycles. The molecular formula is C18H13ClN2O2S. The first kappa shape index (κ1) is 16.3. The molecule has 3 aromatic rings. The van der Waals surface area contributed by atoms with Crippen LogP contribution in [0.5, 0.6) is 5.75 Å². The molecule has 6 heteroatoms. The number of fused-ring (bicyclic) bond motifs is 1. The van der Waals surface area contributed by atoms with Crippen molar-refractivity contribution in [2.24, 2.45) is 4.99 Å². The monoisotopic (exact) mass is 356 g/mol. The number of thiazole rings is 1. The van der Waals surface area contributed by atoms with Crippen LogP contribution in [0.25, 0.3) is 10.2 Å². The summed E-state index contributed by atoms with van der Waals surface area (Å²) in [7, 11) is 1.61. The van der Waals surface area contributed by atoms with Gasteiger partial charge in [-0.25, -0.2) is 0 Å². The van der Waals surface area contributed by atoms with Crippen LogP contribution in [0, 0.1) is 12.3 Å². The SMILES string of the molecule is C#CCn1c(=NC(=O)c2ccccc2Cl)sc2cc(OC)ccc21. The molecule has 4 nitrogen and oxygen atoms in total. The molecule has 1 aromatic heterocycles. The summed E-state index contributed by atoms with van der Waals surface area (Å²) in [6.45, 7) is 0.320. The van der Waals surface area contributed by atoms with E-state index in [1.54, 1.807) is 31.4 Å². The Labute approximate surface area is 148 Å². The van der Waals surface area contributed by atoms with Crippen LogP contribution < -0.4 is 9.54 Å². The summed E-state index contributed by atoms with van der Waals surface area (Å²) in [4.78, 5) is 17.2. The standard InChI is InChI=1S/C18H13ClN2O2S/c1-3-10-21-15-9-8-12(23-2)11-16(15)24-18(21)20-17(22)13-6-4-5-7-14(13)19/h1,4-9,11H,10H2,2H3. The lowest BCUT2D eigenvalue weighted by atomic mass is 10.2. The summed E-state index contributed by atoms with van der Waals surface area (Å²) in [5.74, 6) is 2.94. The van der Waals surface area contributed by atoms with Gasteiger partial charge >= 0.3 is 0 Å². The first-order chi connectivity index (χ1) is 11.6. The minimum atomic E-state index is -0.398. The number of rotatable bonds is 3. The zero-order valence-corrected chi connectivity index (χ0v) is 14.4. The van der Waals surface area contributed by atoms with Gasteiger partial charge in [0, 0.05) is 0 Å². The van der Waals surface area contributed by atoms with Gasteiger partial charge in [-0.2, -0.15) is 4.99 Å². The number of hydrogen-bond acceptors (Lipinski definition) is 3. The van der Waals surface area contributed by atoms with Gasteiger partial charge in [0.15, 0.2) is 4.80 Å². The zero-order chi connectivity index (χ0) is 17.1. The average molecular weight is 357 g/mol. The van der Waals surface area contributed by atoms with Crippen LogP contribution >= 0.6 is 22.9 Å². The molecule has 0 aliphatic heterocycles. The maximum atomic E-state index is 12.5. The molecule has 120 valence electrons. The Morgan fingerprint density at radius 2 is 2.17 bits per heavy atom. The fourth-order valence-corrected chi connectivity index (χ4v) is 3.56. The number of hydrogen-bond donors (Lipinski definition) is 0. The quantitative estimate of drug-likeness (QED) is 0.671. The summed E-state index contributed by atoms with van der Waals surface area (Å²) in [5.41, 5.74) is 1.27. The fourth-order valence-electron chi connectivity index (χ4n) is 2.29. The molecule has 0 N–H and O–H groups in total. The van der Waals surface area contributed by atoms with E-state index in [1.807, 2.05) is 22.8 Å². The van der Waals surface area contributed by atoms with Gasteiger partial charge in [-0.1, -0.05) is 41.0 Å². The lowest BCUT2D eigenvalue weighted by Gasteiger charge is -2.02. The van der Waals surface area contributed by atoms with Gasteiger partial charge in [0.2, 0.25) is 0 Å². The average Bonchev–Trinajstić information content (AvgIpc) is 2.92. The normalized spacial score (nSPS) is 11.5. The van der Waals surface area contributed by atoms with Crippen molar-refractivity contribution < 1.29 is 9.53 Å². The Kier molecular flexibility index (Phi) is 4.70. The summed E-state index contributed by atoms with van der Waals surface area (Å²) in [6.07, 6.45) is 5.46. The van der Waals surface area contributed by atoms with Crippen molar-refractivity contribution in [3.05, 3.63) is 57.9 Å². The minimum Gasteiger partial charge on any atom is -0.497 e. The number of methoxy groups -OCH3 is 1. The number of aromatic nitrogens is 1. The van der Waals surface area contributed by atoms with Crippen LogP contribution in [-0.2, 0) is 6.54 Å². The molecule has 0 atom stereocenters. The summed E-state index contributed by atoms with van der Waals surface area (Å²) < 4.78 is 8.01. The molecule has 3 rings (SSSR count). The van der Waals surface area contributed by atoms with Crippen molar-refractivity contribution >= 4 is 39.1 Å². The molecule has 0 aliphatic carbocycles. The number of carbonyl (C=O) groups excluding carboxylic acids is 1. The Bertz CT molecular complexity index is 1030. The number of carbonyl (C=O) groups is 1. The van der Waals surface area contributed by atoms with Crippen LogP contribution in [0.2, 0.25) is 5.02 Å². The first-order valence-corrected chi connectivity index (χ1v) is 8.28. The summed E-state index contributed by atoms with van der Waals surface area (Å²) >= 11 is 7.45. The van der Waals surface area contributed by atoms with Gasteiger partial charge in [0.1, 0.15) is 5.75 Å². The lowest BCUT2D eigenvalue weighted by Crippen LogP contribution is -2.16. The lowest BCUT2D eigenvalue weighted by molar-refractivity contribution is 0.0998. The largest absolute Gasteiger partial charge is 0.497 e. The van der Waals surface area contributed by atoms with Gasteiger partial charge in [-0.3, -0.25) is 4.79 Å². The van der Waals surface area contributed by atoms with E-state index >= 15 is 0 Å². The first-order valence-electron chi connectivity index (χ1n) is 7.08. The Balaban J connectivity index is 2.17. The highest BCUT2D eigenvalue weighted by molar-refractivity contribution is 7.16. The van der Waals surface area contributed by atoms with E-state index in [-0.39, 0.29) is 0 Å². The highest BCUT2D eigenvalue weighted by Gasteiger charge is 2.11. The van der Waals surface area contributed by atoms with E-state index in [0.717, 1.165) is 16.0 Å². The van der Waals surface area contributed by atoms with Gasteiger partial charge in [-0.05, 0) is 30.3 Å². The summed E-state index contributed by atoms with van der Waals surface area (Å²) in [5, 5.41) is 0.373. The van der Waals surface area contributed by atoms with E-state index < -0.39 is 5.91 Å². The highest BCUT2D eigenvalue weighted by Crippen LogP contribution is 2.23. The van der Waals surface area contributed by atoms with Gasteiger partial charge in [-0.15, -0.1) is 6.42 Å². The Hall–Kier alpha value is -2.55. The van der Waals surface area contributed by atoms with Crippen molar-refractivity contribution in [2.75, 3.05) is 7.11 Å². The van der Waals surface area contributed by atoms with Crippen molar-refractivity contribution in [1.82, 2.24) is 4.57 Å². The molecule has 1 amide bonds. The predicted molar refractivity (Wildman–Crippen MR) is 96.5 cm³/mol. The maximum absolute atomic E-state index is 12.5. The zero-order valence-electron chi connectivity index (χ0n) is 12.8. The molecule has 0 saturated heterocycles. The number of nitrogens with zero attached hydrogens (tertiary/aromatic N) is 2. The second-order valence-electron chi connectivity index (χ2n) is 4.91. The minimum absolute atomic E-state index is 0.320. The molecule has 24 heavy (non-hydrogen) atoms. The molecule has 0 bridgehead atoms. The fraction of sp³-hybridized carbons (Fsp3) is 0.111. The molecule has 2 aromatic carbocycles. The van der Waals surface area contributed by atoms with E-state index in [9.17, 15) is 4.79 Å². The van der Waals surface area contributed by atoms with Gasteiger partial charge in [0.25, 0.3) is 5.91 Å². The third-order valence-corrected chi connectivity index (χ3v) is 4.81. The molecule has 0 unspecified atom stereocenters. The van der Waals surface area contributed by atoms with E-state index in [2.05, 4.69) is 10.9 Å². The van der Waals surface area contributed by atoms with E-state index in [4.69, 9.17) is 22.8 Å². The number of ether oxygens (including phenoxy) is 1. The van der Waals surface area contributed by atoms with Crippen LogP contribution in [0.15, 0.2) is 47.5 Å². The van der Waals surface area contributed by atoms with Crippen LogP contribution in [0.3, 0.4) is 0 Å². The number of benzene rings is 2. The summed E-state index contributed by atoms with van der Waals surface area (Å²) in [6, 6.07) is 12.5. The Morgan fingerprint density at radius 3 is 2.88 bits per heavy atom. The van der Waals surface area contributed by atoms with Crippen LogP contribution in [0.1, 0.15) is 10.4 Å². The maximum Gasteiger partial charge on any atom is 0.281 e. The third-order valence-electron chi connectivity index (χ3n) is 3.44. The van der Waals surface area contributed by atoms with Crippen molar-refractivity contribution in [3.63, 3.8) is 0 Å². The smallest absolute Gasteiger partial charge is 0.281 e. The van der Waals surface area contributed by atoms with E-state index in [0.29, 0.717) is 21.9 Å². The molecule has 0 aliphatic rings. The van der Waals surface area contributed by atoms with Gasteiger partial charge in [0.05, 0.1) is 34.5 Å². The van der Waals surface area contributed by atoms with Crippen LogP contribution in [0.4, 0.5) is 0 Å². The second-order valence-corrected chi connectivity index (χ2v) is 6.32. The van der Waals surface area contributed by atoms with Gasteiger partial charge < -0.3 is 9.30 Å². The number of amides is 1. The topological polar surface area (TPSA) is 43.6 Å². The molecule has 0 radical (unpaired) electrons. The predicted octanol–water partition coefficient (Wildman–Crippen LogP) is 3.74. The molecular weight excluding hydrogens is 344 g/mol. The second kappa shape index (κ2) is 6.91. The van der Waals surface area contributed by atoms with Crippen LogP contribution in [-0.4, -0.2) is 17.6 Å².